The molecular formula is C28H31ClN4O3S. The normalized spacial score (nSPS) is 18.4. The summed E-state index contributed by atoms with van der Waals surface area (Å²) in [5, 5.41) is 23.6. The van der Waals surface area contributed by atoms with Gasteiger partial charge >= 0.3 is 0 Å². The van der Waals surface area contributed by atoms with E-state index in [1.54, 1.807) is 16.2 Å². The number of nitriles is 1. The fourth-order valence-electron chi connectivity index (χ4n) is 5.03. The summed E-state index contributed by atoms with van der Waals surface area (Å²) in [5.41, 5.74) is 5.11. The highest BCUT2D eigenvalue weighted by molar-refractivity contribution is 7.18. The lowest BCUT2D eigenvalue weighted by Crippen LogP contribution is -2.38. The zero-order valence-corrected chi connectivity index (χ0v) is 22.6. The third-order valence-corrected chi connectivity index (χ3v) is 7.85. The molecule has 1 saturated heterocycles. The molecule has 2 aliphatic rings. The minimum atomic E-state index is -0.397. The number of ether oxygens (including phenoxy) is 1. The summed E-state index contributed by atoms with van der Waals surface area (Å²) < 4.78 is 5.75. The zero-order valence-electron chi connectivity index (χ0n) is 20.9. The molecule has 0 radical (unpaired) electrons. The Bertz CT molecular complexity index is 1320. The molecule has 1 aliphatic heterocycles. The molecule has 37 heavy (non-hydrogen) atoms. The number of β-amino-alcohol motifs (C(OH)–C–C–N with tert-alkyl or cyclic N) is 1. The fraction of sp³-hybridized carbons (Fsp3) is 0.393. The van der Waals surface area contributed by atoms with E-state index in [4.69, 9.17) is 4.74 Å². The van der Waals surface area contributed by atoms with E-state index in [2.05, 4.69) is 34.6 Å². The number of fused-ring (bicyclic) bond motifs is 1. The summed E-state index contributed by atoms with van der Waals surface area (Å²) in [4.78, 5) is 20.0. The standard InChI is InChI=1S/C28H30N4O3S.ClH/c1-17(2)35-25-9-6-18(12-19(25)13-29)28-31-14-26(36-28)23-5-3-4-22-21(23)7-8-24(22)30-15-27(34)32-11-10-20(33)16-32;/h3-6,9,12,14,17,20,24,30,33H,7-8,10-11,15-16H2,1-2H3;1H/t20?,24-;/m1./s1. The Morgan fingerprint density at radius 2 is 2.16 bits per heavy atom. The van der Waals surface area contributed by atoms with E-state index in [1.165, 1.54) is 16.7 Å². The number of aliphatic hydroxyl groups excluding tert-OH is 1. The number of amides is 1. The highest BCUT2D eigenvalue weighted by Crippen LogP contribution is 2.41. The van der Waals surface area contributed by atoms with E-state index in [1.807, 2.05) is 38.2 Å². The van der Waals surface area contributed by atoms with Crippen LogP contribution in [0.3, 0.4) is 0 Å². The molecule has 2 atom stereocenters. The Kier molecular flexibility index (Phi) is 8.50. The van der Waals surface area contributed by atoms with Gasteiger partial charge < -0.3 is 20.1 Å². The van der Waals surface area contributed by atoms with Crippen LogP contribution in [0, 0.1) is 11.3 Å². The molecule has 9 heteroatoms. The molecule has 5 rings (SSSR count). The number of nitrogens with zero attached hydrogens (tertiary/aromatic N) is 3. The number of benzene rings is 2. The quantitative estimate of drug-likeness (QED) is 0.451. The monoisotopic (exact) mass is 538 g/mol. The Morgan fingerprint density at radius 3 is 2.89 bits per heavy atom. The molecule has 194 valence electrons. The van der Waals surface area contributed by atoms with Crippen molar-refractivity contribution in [1.29, 1.82) is 5.26 Å². The summed E-state index contributed by atoms with van der Waals surface area (Å²) in [6.45, 7) is 5.23. The van der Waals surface area contributed by atoms with Gasteiger partial charge in [-0.05, 0) is 68.0 Å². The number of aliphatic hydroxyl groups is 1. The number of aromatic nitrogens is 1. The number of rotatable bonds is 7. The number of carbonyl (C=O) groups excluding carboxylic acids is 1. The van der Waals surface area contributed by atoms with Crippen molar-refractivity contribution in [2.75, 3.05) is 19.6 Å². The van der Waals surface area contributed by atoms with Gasteiger partial charge in [-0.25, -0.2) is 4.98 Å². The first kappa shape index (κ1) is 27.1. The van der Waals surface area contributed by atoms with E-state index in [-0.39, 0.29) is 37.0 Å². The molecular weight excluding hydrogens is 508 g/mol. The van der Waals surface area contributed by atoms with Gasteiger partial charge in [0.25, 0.3) is 0 Å². The van der Waals surface area contributed by atoms with E-state index in [9.17, 15) is 15.2 Å². The van der Waals surface area contributed by atoms with Gasteiger partial charge in [0.15, 0.2) is 0 Å². The van der Waals surface area contributed by atoms with Crippen molar-refractivity contribution >= 4 is 29.7 Å². The van der Waals surface area contributed by atoms with Crippen LogP contribution in [-0.2, 0) is 11.2 Å². The molecule has 1 amide bonds. The van der Waals surface area contributed by atoms with Crippen LogP contribution in [0.25, 0.3) is 21.0 Å². The molecule has 7 nitrogen and oxygen atoms in total. The van der Waals surface area contributed by atoms with E-state index >= 15 is 0 Å². The fourth-order valence-corrected chi connectivity index (χ4v) is 5.99. The number of hydrogen-bond acceptors (Lipinski definition) is 7. The summed E-state index contributed by atoms with van der Waals surface area (Å²) in [7, 11) is 0. The van der Waals surface area contributed by atoms with E-state index in [0.29, 0.717) is 30.8 Å². The highest BCUT2D eigenvalue weighted by atomic mass is 35.5. The van der Waals surface area contributed by atoms with Gasteiger partial charge in [-0.3, -0.25) is 4.79 Å². The summed E-state index contributed by atoms with van der Waals surface area (Å²) >= 11 is 1.61. The SMILES string of the molecule is CC(C)Oc1ccc(-c2ncc(-c3cccc4c3CC[C@H]4NCC(=O)N3CCC(O)C3)s2)cc1C#N.Cl. The first-order valence-corrected chi connectivity index (χ1v) is 13.2. The minimum Gasteiger partial charge on any atom is -0.490 e. The lowest BCUT2D eigenvalue weighted by atomic mass is 10.0. The molecule has 0 bridgehead atoms. The largest absolute Gasteiger partial charge is 0.490 e. The van der Waals surface area contributed by atoms with Gasteiger partial charge in [-0.2, -0.15) is 5.26 Å². The second-order valence-electron chi connectivity index (χ2n) is 9.65. The number of likely N-dealkylation sites (tertiary alicyclic amines) is 1. The van der Waals surface area contributed by atoms with Crippen molar-refractivity contribution in [3.8, 4) is 32.8 Å². The Balaban J connectivity index is 0.00000320. The lowest BCUT2D eigenvalue weighted by molar-refractivity contribution is -0.129. The number of nitrogens with one attached hydrogen (secondary N) is 1. The summed E-state index contributed by atoms with van der Waals surface area (Å²) in [5.74, 6) is 0.636. The van der Waals surface area contributed by atoms with Gasteiger partial charge in [-0.15, -0.1) is 23.7 Å². The molecule has 1 unspecified atom stereocenters. The van der Waals surface area contributed by atoms with Crippen molar-refractivity contribution in [1.82, 2.24) is 15.2 Å². The maximum absolute atomic E-state index is 12.5. The van der Waals surface area contributed by atoms with Gasteiger partial charge in [0, 0.05) is 30.9 Å². The topological polar surface area (TPSA) is 98.5 Å². The second kappa shape index (κ2) is 11.6. The van der Waals surface area contributed by atoms with Crippen molar-refractivity contribution in [3.05, 3.63) is 59.3 Å². The minimum absolute atomic E-state index is 0. The maximum atomic E-state index is 12.5. The molecule has 0 spiro atoms. The van der Waals surface area contributed by atoms with Crippen molar-refractivity contribution in [2.45, 2.75) is 51.4 Å². The first-order chi connectivity index (χ1) is 17.4. The highest BCUT2D eigenvalue weighted by Gasteiger charge is 2.28. The molecule has 1 aromatic heterocycles. The first-order valence-electron chi connectivity index (χ1n) is 12.4. The Labute approximate surface area is 227 Å². The van der Waals surface area contributed by atoms with Gasteiger partial charge in [-0.1, -0.05) is 18.2 Å². The lowest BCUT2D eigenvalue weighted by Gasteiger charge is -2.19. The van der Waals surface area contributed by atoms with Crippen LogP contribution >= 0.6 is 23.7 Å². The summed E-state index contributed by atoms with van der Waals surface area (Å²) in [6.07, 6.45) is 4.04. The van der Waals surface area contributed by atoms with Crippen LogP contribution in [0.15, 0.2) is 42.6 Å². The average Bonchev–Trinajstić information content (AvgIpc) is 3.62. The van der Waals surface area contributed by atoms with E-state index in [0.717, 1.165) is 28.3 Å². The van der Waals surface area contributed by atoms with E-state index < -0.39 is 6.10 Å². The van der Waals surface area contributed by atoms with Crippen molar-refractivity contribution in [2.24, 2.45) is 0 Å². The van der Waals surface area contributed by atoms with Gasteiger partial charge in [0.05, 0.1) is 29.2 Å². The van der Waals surface area contributed by atoms with Crippen LogP contribution in [0.2, 0.25) is 0 Å². The maximum Gasteiger partial charge on any atom is 0.236 e. The number of carbonyl (C=O) groups is 1. The number of halogens is 1. The van der Waals surface area contributed by atoms with Crippen LogP contribution in [-0.4, -0.2) is 52.7 Å². The zero-order chi connectivity index (χ0) is 25.2. The molecule has 2 aromatic carbocycles. The average molecular weight is 539 g/mol. The predicted molar refractivity (Wildman–Crippen MR) is 147 cm³/mol. The third kappa shape index (κ3) is 5.81. The Hall–Kier alpha value is -2.96. The molecule has 2 heterocycles. The number of thiazole rings is 1. The smallest absolute Gasteiger partial charge is 0.236 e. The second-order valence-corrected chi connectivity index (χ2v) is 10.7. The number of hydrogen-bond donors (Lipinski definition) is 2. The van der Waals surface area contributed by atoms with Crippen LogP contribution in [0.5, 0.6) is 5.75 Å². The predicted octanol–water partition coefficient (Wildman–Crippen LogP) is 4.73. The third-order valence-electron chi connectivity index (χ3n) is 6.77. The Morgan fingerprint density at radius 1 is 1.32 bits per heavy atom. The van der Waals surface area contributed by atoms with Gasteiger partial charge in [0.1, 0.15) is 16.8 Å². The van der Waals surface area contributed by atoms with Crippen LogP contribution in [0.1, 0.15) is 49.4 Å². The van der Waals surface area contributed by atoms with Gasteiger partial charge in [0.2, 0.25) is 5.91 Å². The van der Waals surface area contributed by atoms with Crippen molar-refractivity contribution in [3.63, 3.8) is 0 Å². The molecule has 0 saturated carbocycles. The summed E-state index contributed by atoms with van der Waals surface area (Å²) in [6, 6.07) is 14.3. The molecule has 1 fully saturated rings. The molecule has 3 aromatic rings. The van der Waals surface area contributed by atoms with Crippen molar-refractivity contribution < 1.29 is 14.6 Å². The van der Waals surface area contributed by atoms with Crippen LogP contribution in [0.4, 0.5) is 0 Å². The molecule has 1 aliphatic carbocycles. The molecule has 2 N–H and O–H groups in total. The van der Waals surface area contributed by atoms with Crippen LogP contribution < -0.4 is 10.1 Å².